The van der Waals surface area contributed by atoms with Crippen molar-refractivity contribution < 1.29 is 23.2 Å². The fourth-order valence-electron chi connectivity index (χ4n) is 1.25. The summed E-state index contributed by atoms with van der Waals surface area (Å²) in [5.41, 5.74) is -1.96. The molecule has 2 nitrogen and oxygen atoms in total. The van der Waals surface area contributed by atoms with E-state index >= 15 is 0 Å². The summed E-state index contributed by atoms with van der Waals surface area (Å²) in [5, 5.41) is 17.8. The van der Waals surface area contributed by atoms with Gasteiger partial charge in [-0.2, -0.15) is 13.2 Å². The van der Waals surface area contributed by atoms with Crippen molar-refractivity contribution in [3.63, 3.8) is 0 Å². The highest BCUT2D eigenvalue weighted by molar-refractivity contribution is 6.58. The number of rotatable bonds is 2. The zero-order valence-corrected chi connectivity index (χ0v) is 8.92. The first-order chi connectivity index (χ1) is 7.16. The summed E-state index contributed by atoms with van der Waals surface area (Å²) in [5.74, 6) is 0. The lowest BCUT2D eigenvalue weighted by molar-refractivity contribution is -0.180. The van der Waals surface area contributed by atoms with E-state index in [4.69, 9.17) is 10.0 Å². The molecule has 0 aliphatic carbocycles. The number of alkyl halides is 3. The van der Waals surface area contributed by atoms with Crippen molar-refractivity contribution in [2.75, 3.05) is 0 Å². The molecule has 1 aromatic carbocycles. The van der Waals surface area contributed by atoms with E-state index in [1.807, 2.05) is 0 Å². The van der Waals surface area contributed by atoms with Crippen LogP contribution in [0.15, 0.2) is 24.3 Å². The first-order valence-electron chi connectivity index (χ1n) is 4.69. The van der Waals surface area contributed by atoms with Crippen LogP contribution < -0.4 is 5.46 Å². The SMILES string of the molecule is CC(C)(c1cccc(B(O)O)c1)C(F)(F)F. The minimum atomic E-state index is -4.38. The average molecular weight is 232 g/mol. The molecular formula is C10H12BF3O2. The second kappa shape index (κ2) is 4.10. The molecule has 0 aromatic heterocycles. The lowest BCUT2D eigenvalue weighted by Crippen LogP contribution is -2.38. The molecule has 0 heterocycles. The summed E-state index contributed by atoms with van der Waals surface area (Å²) in [6.07, 6.45) is -4.38. The topological polar surface area (TPSA) is 40.5 Å². The molecule has 0 aliphatic rings. The molecule has 0 radical (unpaired) electrons. The Morgan fingerprint density at radius 2 is 1.69 bits per heavy atom. The van der Waals surface area contributed by atoms with Crippen LogP contribution in [0.2, 0.25) is 0 Å². The zero-order chi connectivity index (χ0) is 12.6. The molecule has 0 atom stereocenters. The van der Waals surface area contributed by atoms with E-state index in [1.165, 1.54) is 18.2 Å². The summed E-state index contributed by atoms with van der Waals surface area (Å²) in [6.45, 7) is 2.10. The second-order valence-corrected chi connectivity index (χ2v) is 4.12. The third-order valence-corrected chi connectivity index (χ3v) is 2.62. The van der Waals surface area contributed by atoms with Crippen molar-refractivity contribution in [3.8, 4) is 0 Å². The van der Waals surface area contributed by atoms with Gasteiger partial charge < -0.3 is 10.0 Å². The van der Waals surface area contributed by atoms with Crippen molar-refractivity contribution in [2.24, 2.45) is 0 Å². The molecule has 0 bridgehead atoms. The molecule has 1 rings (SSSR count). The minimum absolute atomic E-state index is 0.00519. The molecule has 0 amide bonds. The van der Waals surface area contributed by atoms with Crippen molar-refractivity contribution in [1.82, 2.24) is 0 Å². The Labute approximate surface area is 91.9 Å². The quantitative estimate of drug-likeness (QED) is 0.752. The molecule has 0 saturated carbocycles. The van der Waals surface area contributed by atoms with Crippen LogP contribution in [0.1, 0.15) is 19.4 Å². The summed E-state index contributed by atoms with van der Waals surface area (Å²) in [7, 11) is -1.76. The van der Waals surface area contributed by atoms with Gasteiger partial charge in [0.15, 0.2) is 0 Å². The number of hydrogen-bond acceptors (Lipinski definition) is 2. The average Bonchev–Trinajstić information content (AvgIpc) is 2.16. The molecule has 88 valence electrons. The van der Waals surface area contributed by atoms with Gasteiger partial charge >= 0.3 is 13.3 Å². The Balaban J connectivity index is 3.19. The lowest BCUT2D eigenvalue weighted by Gasteiger charge is -2.28. The highest BCUT2D eigenvalue weighted by Crippen LogP contribution is 2.39. The molecule has 2 N–H and O–H groups in total. The molecule has 16 heavy (non-hydrogen) atoms. The molecule has 0 spiro atoms. The molecule has 1 aromatic rings. The van der Waals surface area contributed by atoms with E-state index in [0.29, 0.717) is 0 Å². The van der Waals surface area contributed by atoms with Gasteiger partial charge in [0.2, 0.25) is 0 Å². The van der Waals surface area contributed by atoms with Crippen molar-refractivity contribution in [2.45, 2.75) is 25.4 Å². The Hall–Kier alpha value is -1.01. The lowest BCUT2D eigenvalue weighted by atomic mass is 9.75. The Bertz CT molecular complexity index is 375. The highest BCUT2D eigenvalue weighted by Gasteiger charge is 2.48. The van der Waals surface area contributed by atoms with Crippen LogP contribution in [0.5, 0.6) is 0 Å². The van der Waals surface area contributed by atoms with Crippen LogP contribution in [0.25, 0.3) is 0 Å². The highest BCUT2D eigenvalue weighted by atomic mass is 19.4. The minimum Gasteiger partial charge on any atom is -0.423 e. The van der Waals surface area contributed by atoms with E-state index in [-0.39, 0.29) is 11.0 Å². The number of hydrogen-bond donors (Lipinski definition) is 2. The van der Waals surface area contributed by atoms with Gasteiger partial charge in [-0.05, 0) is 24.9 Å². The molecule has 6 heteroatoms. The molecular weight excluding hydrogens is 220 g/mol. The van der Waals surface area contributed by atoms with E-state index in [9.17, 15) is 13.2 Å². The molecule has 0 fully saturated rings. The van der Waals surface area contributed by atoms with Crippen molar-refractivity contribution in [3.05, 3.63) is 29.8 Å². The smallest absolute Gasteiger partial charge is 0.423 e. The summed E-state index contributed by atoms with van der Waals surface area (Å²) < 4.78 is 38.2. The van der Waals surface area contributed by atoms with Gasteiger partial charge in [0.1, 0.15) is 0 Å². The van der Waals surface area contributed by atoms with Gasteiger partial charge in [0.05, 0.1) is 5.41 Å². The van der Waals surface area contributed by atoms with Gasteiger partial charge in [-0.3, -0.25) is 0 Å². The maximum atomic E-state index is 12.7. The van der Waals surface area contributed by atoms with Crippen molar-refractivity contribution in [1.29, 1.82) is 0 Å². The number of halogens is 3. The fraction of sp³-hybridized carbons (Fsp3) is 0.400. The van der Waals surface area contributed by atoms with Gasteiger partial charge in [0, 0.05) is 0 Å². The first kappa shape index (κ1) is 13.1. The van der Waals surface area contributed by atoms with E-state index < -0.39 is 18.7 Å². The van der Waals surface area contributed by atoms with Crippen LogP contribution in [0.4, 0.5) is 13.2 Å². The van der Waals surface area contributed by atoms with Crippen LogP contribution in [0, 0.1) is 0 Å². The van der Waals surface area contributed by atoms with Gasteiger partial charge in [-0.25, -0.2) is 0 Å². The zero-order valence-electron chi connectivity index (χ0n) is 8.92. The molecule has 0 aliphatic heterocycles. The van der Waals surface area contributed by atoms with Gasteiger partial charge in [0.25, 0.3) is 0 Å². The van der Waals surface area contributed by atoms with Crippen LogP contribution in [-0.4, -0.2) is 23.3 Å². The van der Waals surface area contributed by atoms with E-state index in [0.717, 1.165) is 19.9 Å². The Kier molecular flexibility index (Phi) is 3.35. The summed E-state index contributed by atoms with van der Waals surface area (Å²) >= 11 is 0. The third kappa shape index (κ3) is 2.39. The maximum Gasteiger partial charge on any atom is 0.488 e. The first-order valence-corrected chi connectivity index (χ1v) is 4.69. The van der Waals surface area contributed by atoms with Crippen LogP contribution in [-0.2, 0) is 5.41 Å². The van der Waals surface area contributed by atoms with Gasteiger partial charge in [-0.1, -0.05) is 24.3 Å². The summed E-state index contributed by atoms with van der Waals surface area (Å²) in [4.78, 5) is 0. The van der Waals surface area contributed by atoms with E-state index in [2.05, 4.69) is 0 Å². The predicted octanol–water partition coefficient (Wildman–Crippen LogP) is 1.21. The summed E-state index contributed by atoms with van der Waals surface area (Å²) in [6, 6.07) is 5.20. The van der Waals surface area contributed by atoms with Crippen molar-refractivity contribution >= 4 is 12.6 Å². The largest absolute Gasteiger partial charge is 0.488 e. The molecule has 0 saturated heterocycles. The standard InChI is InChI=1S/C10H12BF3O2/c1-9(2,10(12,13)14)7-4-3-5-8(6-7)11(15)16/h3-6,15-16H,1-2H3. The van der Waals surface area contributed by atoms with Crippen LogP contribution in [0.3, 0.4) is 0 Å². The monoisotopic (exact) mass is 232 g/mol. The van der Waals surface area contributed by atoms with Gasteiger partial charge in [-0.15, -0.1) is 0 Å². The predicted molar refractivity (Wildman–Crippen MR) is 55.3 cm³/mol. The van der Waals surface area contributed by atoms with Crippen LogP contribution >= 0.6 is 0 Å². The second-order valence-electron chi connectivity index (χ2n) is 4.12. The normalized spacial score (nSPS) is 12.7. The van der Waals surface area contributed by atoms with E-state index in [1.54, 1.807) is 0 Å². The molecule has 0 unspecified atom stereocenters. The fourth-order valence-corrected chi connectivity index (χ4v) is 1.25. The third-order valence-electron chi connectivity index (χ3n) is 2.62. The maximum absolute atomic E-state index is 12.7. The Morgan fingerprint density at radius 3 is 2.12 bits per heavy atom. The Morgan fingerprint density at radius 1 is 1.12 bits per heavy atom. The number of benzene rings is 1.